The predicted octanol–water partition coefficient (Wildman–Crippen LogP) is 3.25. The van der Waals surface area contributed by atoms with E-state index in [0.717, 1.165) is 29.4 Å². The lowest BCUT2D eigenvalue weighted by atomic mass is 10.1. The zero-order valence-electron chi connectivity index (χ0n) is 13.4. The Bertz CT molecular complexity index is 905. The normalized spacial score (nSPS) is 17.5. The molecule has 2 aromatic heterocycles. The van der Waals surface area contributed by atoms with E-state index in [1.54, 1.807) is 18.3 Å². The van der Waals surface area contributed by atoms with Gasteiger partial charge in [0.05, 0.1) is 23.4 Å². The van der Waals surface area contributed by atoms with Gasteiger partial charge in [-0.05, 0) is 24.3 Å². The van der Waals surface area contributed by atoms with E-state index in [2.05, 4.69) is 26.1 Å². The molecule has 1 saturated heterocycles. The molecule has 1 aliphatic rings. The van der Waals surface area contributed by atoms with Gasteiger partial charge in [-0.15, -0.1) is 11.8 Å². The molecule has 3 heterocycles. The van der Waals surface area contributed by atoms with Crippen molar-refractivity contribution in [3.63, 3.8) is 0 Å². The first-order valence-corrected chi connectivity index (χ1v) is 9.05. The molecule has 1 atom stereocenters. The third-order valence-corrected chi connectivity index (χ3v) is 5.11. The molecular weight excluding hydrogens is 334 g/mol. The summed E-state index contributed by atoms with van der Waals surface area (Å²) < 4.78 is 5.53. The fraction of sp³-hybridized carbons (Fsp3) is 0.222. The Kier molecular flexibility index (Phi) is 4.46. The smallest absolute Gasteiger partial charge is 0.245 e. The lowest BCUT2D eigenvalue weighted by Gasteiger charge is -2.19. The molecule has 0 aliphatic carbocycles. The van der Waals surface area contributed by atoms with E-state index in [4.69, 9.17) is 9.78 Å². The van der Waals surface area contributed by atoms with E-state index in [-0.39, 0.29) is 6.04 Å². The lowest BCUT2D eigenvalue weighted by Crippen LogP contribution is -2.24. The number of thioether (sulfide) groups is 1. The first-order valence-electron chi connectivity index (χ1n) is 7.89. The molecule has 1 unspecified atom stereocenters. The summed E-state index contributed by atoms with van der Waals surface area (Å²) in [5.41, 5.74) is 2.39. The number of rotatable bonds is 4. The number of hydrogen-bond donors (Lipinski definition) is 0. The molecule has 0 radical (unpaired) electrons. The van der Waals surface area contributed by atoms with E-state index in [9.17, 15) is 0 Å². The summed E-state index contributed by atoms with van der Waals surface area (Å²) in [6.45, 7) is 0.750. The highest BCUT2D eigenvalue weighted by atomic mass is 32.2. The van der Waals surface area contributed by atoms with Crippen LogP contribution in [-0.4, -0.2) is 31.7 Å². The number of nitriles is 1. The van der Waals surface area contributed by atoms with Crippen molar-refractivity contribution in [1.29, 1.82) is 5.26 Å². The van der Waals surface area contributed by atoms with E-state index >= 15 is 0 Å². The average molecular weight is 349 g/mol. The summed E-state index contributed by atoms with van der Waals surface area (Å²) in [5, 5.41) is 13.1. The van der Waals surface area contributed by atoms with Crippen LogP contribution in [0.5, 0.6) is 0 Å². The Balaban J connectivity index is 1.55. The molecular formula is C18H15N5OS. The van der Waals surface area contributed by atoms with Crippen LogP contribution < -0.4 is 0 Å². The van der Waals surface area contributed by atoms with E-state index in [0.29, 0.717) is 17.3 Å². The van der Waals surface area contributed by atoms with Gasteiger partial charge in [0, 0.05) is 29.9 Å². The molecule has 0 saturated carbocycles. The Morgan fingerprint density at radius 2 is 2.24 bits per heavy atom. The SMILES string of the molecule is N#Cc1cccc(-c2noc(C3CSCN3Cc3ccccn3)n2)c1. The van der Waals surface area contributed by atoms with Crippen LogP contribution in [0, 0.1) is 11.3 Å². The van der Waals surface area contributed by atoms with Crippen LogP contribution in [0.25, 0.3) is 11.4 Å². The van der Waals surface area contributed by atoms with Gasteiger partial charge in [-0.25, -0.2) is 0 Å². The maximum absolute atomic E-state index is 9.03. The van der Waals surface area contributed by atoms with Crippen molar-refractivity contribution in [3.8, 4) is 17.5 Å². The summed E-state index contributed by atoms with van der Waals surface area (Å²) in [6.07, 6.45) is 1.81. The van der Waals surface area contributed by atoms with Crippen molar-refractivity contribution in [2.75, 3.05) is 11.6 Å². The number of hydrogen-bond acceptors (Lipinski definition) is 7. The Morgan fingerprint density at radius 3 is 3.08 bits per heavy atom. The third kappa shape index (κ3) is 3.40. The largest absolute Gasteiger partial charge is 0.337 e. The van der Waals surface area contributed by atoms with Crippen molar-refractivity contribution >= 4 is 11.8 Å². The summed E-state index contributed by atoms with van der Waals surface area (Å²) >= 11 is 1.84. The number of aromatic nitrogens is 3. The predicted molar refractivity (Wildman–Crippen MR) is 94.3 cm³/mol. The van der Waals surface area contributed by atoms with Crippen LogP contribution in [0.2, 0.25) is 0 Å². The molecule has 124 valence electrons. The Hall–Kier alpha value is -2.69. The van der Waals surface area contributed by atoms with Gasteiger partial charge in [-0.2, -0.15) is 10.2 Å². The van der Waals surface area contributed by atoms with Crippen LogP contribution in [0.3, 0.4) is 0 Å². The standard InChI is InChI=1S/C18H15N5OS/c19-9-13-4-3-5-14(8-13)17-21-18(24-22-17)16-11-25-12-23(16)10-15-6-1-2-7-20-15/h1-8,16H,10-12H2. The van der Waals surface area contributed by atoms with Gasteiger partial charge in [0.15, 0.2) is 0 Å². The van der Waals surface area contributed by atoms with Gasteiger partial charge >= 0.3 is 0 Å². The molecule has 4 rings (SSSR count). The highest BCUT2D eigenvalue weighted by molar-refractivity contribution is 7.99. The maximum atomic E-state index is 9.03. The molecule has 25 heavy (non-hydrogen) atoms. The van der Waals surface area contributed by atoms with E-state index < -0.39 is 0 Å². The van der Waals surface area contributed by atoms with Crippen molar-refractivity contribution in [3.05, 3.63) is 65.8 Å². The number of pyridine rings is 1. The van der Waals surface area contributed by atoms with Gasteiger partial charge in [0.25, 0.3) is 0 Å². The van der Waals surface area contributed by atoms with Crippen molar-refractivity contribution in [1.82, 2.24) is 20.0 Å². The monoisotopic (exact) mass is 349 g/mol. The molecule has 0 bridgehead atoms. The molecule has 3 aromatic rings. The number of benzene rings is 1. The fourth-order valence-electron chi connectivity index (χ4n) is 2.78. The van der Waals surface area contributed by atoms with Crippen LogP contribution in [0.1, 0.15) is 23.2 Å². The van der Waals surface area contributed by atoms with Crippen LogP contribution in [0.15, 0.2) is 53.2 Å². The molecule has 6 nitrogen and oxygen atoms in total. The van der Waals surface area contributed by atoms with E-state index in [1.165, 1.54) is 0 Å². The van der Waals surface area contributed by atoms with Gasteiger partial charge < -0.3 is 4.52 Å². The zero-order valence-corrected chi connectivity index (χ0v) is 14.2. The second kappa shape index (κ2) is 7.05. The van der Waals surface area contributed by atoms with Crippen molar-refractivity contribution < 1.29 is 4.52 Å². The summed E-state index contributed by atoms with van der Waals surface area (Å²) in [5.74, 6) is 2.94. The highest BCUT2D eigenvalue weighted by Gasteiger charge is 2.31. The minimum Gasteiger partial charge on any atom is -0.337 e. The molecule has 0 amide bonds. The van der Waals surface area contributed by atoms with Gasteiger partial charge in [-0.3, -0.25) is 9.88 Å². The maximum Gasteiger partial charge on any atom is 0.245 e. The lowest BCUT2D eigenvalue weighted by molar-refractivity contribution is 0.208. The van der Waals surface area contributed by atoms with Gasteiger partial charge in [0.2, 0.25) is 11.7 Å². The second-order valence-electron chi connectivity index (χ2n) is 5.73. The molecule has 1 aromatic carbocycles. The summed E-state index contributed by atoms with van der Waals surface area (Å²) in [7, 11) is 0. The highest BCUT2D eigenvalue weighted by Crippen LogP contribution is 2.34. The molecule has 1 fully saturated rings. The first-order chi connectivity index (χ1) is 12.3. The Morgan fingerprint density at radius 1 is 1.28 bits per heavy atom. The molecule has 7 heteroatoms. The number of nitrogens with zero attached hydrogens (tertiary/aromatic N) is 5. The van der Waals surface area contributed by atoms with E-state index in [1.807, 2.05) is 42.1 Å². The van der Waals surface area contributed by atoms with Crippen molar-refractivity contribution in [2.45, 2.75) is 12.6 Å². The fourth-order valence-corrected chi connectivity index (χ4v) is 3.96. The quantitative estimate of drug-likeness (QED) is 0.715. The van der Waals surface area contributed by atoms with Crippen LogP contribution >= 0.6 is 11.8 Å². The summed E-state index contributed by atoms with van der Waals surface area (Å²) in [4.78, 5) is 11.2. The minimum atomic E-state index is 0.0763. The second-order valence-corrected chi connectivity index (χ2v) is 6.73. The Labute approximate surface area is 149 Å². The van der Waals surface area contributed by atoms with Crippen LogP contribution in [-0.2, 0) is 6.54 Å². The average Bonchev–Trinajstić information content (AvgIpc) is 3.32. The molecule has 0 N–H and O–H groups in total. The topological polar surface area (TPSA) is 78.8 Å². The first kappa shape index (κ1) is 15.8. The van der Waals surface area contributed by atoms with Crippen molar-refractivity contribution in [2.24, 2.45) is 0 Å². The minimum absolute atomic E-state index is 0.0763. The van der Waals surface area contributed by atoms with Gasteiger partial charge in [0.1, 0.15) is 0 Å². The van der Waals surface area contributed by atoms with Gasteiger partial charge in [-0.1, -0.05) is 23.4 Å². The third-order valence-electron chi connectivity index (χ3n) is 4.04. The zero-order chi connectivity index (χ0) is 17.1. The van der Waals surface area contributed by atoms with Crippen LogP contribution in [0.4, 0.5) is 0 Å². The summed E-state index contributed by atoms with van der Waals surface area (Å²) in [6, 6.07) is 15.4. The molecule has 1 aliphatic heterocycles. The molecule has 0 spiro atoms.